The van der Waals surface area contributed by atoms with Gasteiger partial charge in [0.1, 0.15) is 23.5 Å². The van der Waals surface area contributed by atoms with Gasteiger partial charge in [-0.1, -0.05) is 52.0 Å². The van der Waals surface area contributed by atoms with E-state index in [1.165, 1.54) is 4.57 Å². The van der Waals surface area contributed by atoms with Crippen molar-refractivity contribution in [3.63, 3.8) is 0 Å². The van der Waals surface area contributed by atoms with Crippen LogP contribution in [0.25, 0.3) is 11.0 Å². The molecule has 44 heavy (non-hydrogen) atoms. The first-order valence-corrected chi connectivity index (χ1v) is 15.3. The number of hydrogen-bond donors (Lipinski definition) is 1. The first-order valence-electron chi connectivity index (χ1n) is 15.3. The molecule has 9 heteroatoms. The Balaban J connectivity index is 1.39. The van der Waals surface area contributed by atoms with E-state index in [0.717, 1.165) is 42.9 Å². The molecule has 3 heterocycles. The monoisotopic (exact) mass is 593 g/mol. The Kier molecular flexibility index (Phi) is 7.84. The molecule has 2 aliphatic rings. The standard InChI is InChI=1S/C35H39N5O4/c1-21(2)29(41)28-17-23-19-36-34(37-24-12-14-25(15-13-24)44-26-10-8-16-39(5)20-26)38-32(23)40(33(28)43)31-30(42)27-11-7-6-9-22(27)18-35(31,3)4/h6-7,9,11-15,17,19,21,26,31H,8,10,16,18,20H2,1-5H3,(H,36,37,38). The van der Waals surface area contributed by atoms with Crippen molar-refractivity contribution in [1.82, 2.24) is 19.4 Å². The lowest BCUT2D eigenvalue weighted by atomic mass is 9.69. The largest absolute Gasteiger partial charge is 0.489 e. The molecule has 0 saturated carbocycles. The molecular formula is C35H39N5O4. The molecule has 4 aromatic rings. The number of aromatic nitrogens is 3. The minimum absolute atomic E-state index is 0.0408. The number of carbonyl (C=O) groups is 2. The van der Waals surface area contributed by atoms with Crippen molar-refractivity contribution >= 4 is 34.2 Å². The van der Waals surface area contributed by atoms with Gasteiger partial charge in [0.25, 0.3) is 5.56 Å². The van der Waals surface area contributed by atoms with Crippen LogP contribution in [0.5, 0.6) is 5.75 Å². The molecule has 228 valence electrons. The molecule has 0 amide bonds. The van der Waals surface area contributed by atoms with Crippen molar-refractivity contribution in [2.75, 3.05) is 25.5 Å². The predicted octanol–water partition coefficient (Wildman–Crippen LogP) is 5.85. The average molecular weight is 594 g/mol. The molecule has 0 radical (unpaired) electrons. The summed E-state index contributed by atoms with van der Waals surface area (Å²) in [5, 5.41) is 3.75. The van der Waals surface area contributed by atoms with Gasteiger partial charge in [-0.2, -0.15) is 4.98 Å². The number of rotatable bonds is 7. The summed E-state index contributed by atoms with van der Waals surface area (Å²) in [6, 6.07) is 15.8. The number of likely N-dealkylation sites (N-methyl/N-ethyl adjacent to an activating group) is 1. The highest BCUT2D eigenvalue weighted by atomic mass is 16.5. The summed E-state index contributed by atoms with van der Waals surface area (Å²) < 4.78 is 7.63. The van der Waals surface area contributed by atoms with E-state index in [0.29, 0.717) is 23.0 Å². The zero-order valence-electron chi connectivity index (χ0n) is 26.0. The number of Topliss-reactive ketones (excluding diaryl/α,β-unsaturated/α-hetero) is 2. The maximum atomic E-state index is 14.2. The van der Waals surface area contributed by atoms with Gasteiger partial charge in [-0.15, -0.1) is 0 Å². The lowest BCUT2D eigenvalue weighted by molar-refractivity contribution is 0.0776. The van der Waals surface area contributed by atoms with E-state index in [4.69, 9.17) is 9.72 Å². The number of benzene rings is 2. The van der Waals surface area contributed by atoms with Crippen molar-refractivity contribution in [3.8, 4) is 5.75 Å². The van der Waals surface area contributed by atoms with Crippen molar-refractivity contribution in [2.24, 2.45) is 11.3 Å². The van der Waals surface area contributed by atoms with Crippen LogP contribution in [0.2, 0.25) is 0 Å². The molecule has 2 aromatic heterocycles. The number of hydrogen-bond acceptors (Lipinski definition) is 8. The number of fused-ring (bicyclic) bond motifs is 2. The van der Waals surface area contributed by atoms with Gasteiger partial charge >= 0.3 is 0 Å². The summed E-state index contributed by atoms with van der Waals surface area (Å²) >= 11 is 0. The lowest BCUT2D eigenvalue weighted by Gasteiger charge is -2.39. The number of likely N-dealkylation sites (tertiary alicyclic amines) is 1. The number of pyridine rings is 1. The van der Waals surface area contributed by atoms with Crippen LogP contribution in [0.3, 0.4) is 0 Å². The van der Waals surface area contributed by atoms with E-state index in [-0.39, 0.29) is 29.2 Å². The van der Waals surface area contributed by atoms with Crippen LogP contribution in [0.15, 0.2) is 65.6 Å². The Labute approximate surface area is 257 Å². The maximum absolute atomic E-state index is 14.2. The quantitative estimate of drug-likeness (QED) is 0.266. The smallest absolute Gasteiger partial charge is 0.263 e. The first-order chi connectivity index (χ1) is 21.0. The van der Waals surface area contributed by atoms with Gasteiger partial charge in [0, 0.05) is 35.3 Å². The molecule has 0 spiro atoms. The van der Waals surface area contributed by atoms with E-state index in [1.807, 2.05) is 56.3 Å². The summed E-state index contributed by atoms with van der Waals surface area (Å²) in [6.07, 6.45) is 4.52. The average Bonchev–Trinajstić information content (AvgIpc) is 2.98. The van der Waals surface area contributed by atoms with E-state index in [1.54, 1.807) is 32.2 Å². The fourth-order valence-electron chi connectivity index (χ4n) is 6.53. The van der Waals surface area contributed by atoms with Crippen LogP contribution in [-0.4, -0.2) is 57.2 Å². The second-order valence-electron chi connectivity index (χ2n) is 13.1. The summed E-state index contributed by atoms with van der Waals surface area (Å²) in [7, 11) is 2.11. The third-order valence-corrected chi connectivity index (χ3v) is 8.73. The maximum Gasteiger partial charge on any atom is 0.263 e. The minimum Gasteiger partial charge on any atom is -0.489 e. The van der Waals surface area contributed by atoms with E-state index in [9.17, 15) is 14.4 Å². The zero-order chi connectivity index (χ0) is 31.2. The molecule has 1 aliphatic heterocycles. The first kappa shape index (κ1) is 29.7. The van der Waals surface area contributed by atoms with Crippen molar-refractivity contribution in [2.45, 2.75) is 59.1 Å². The number of ether oxygens (including phenoxy) is 1. The summed E-state index contributed by atoms with van der Waals surface area (Å²) in [5.41, 5.74) is 1.50. The summed E-state index contributed by atoms with van der Waals surface area (Å²) in [6.45, 7) is 9.48. The van der Waals surface area contributed by atoms with Gasteiger partial charge < -0.3 is 15.0 Å². The highest BCUT2D eigenvalue weighted by molar-refractivity contribution is 6.04. The third-order valence-electron chi connectivity index (χ3n) is 8.73. The Morgan fingerprint density at radius 1 is 1.09 bits per heavy atom. The number of ketones is 2. The second-order valence-corrected chi connectivity index (χ2v) is 13.1. The number of nitrogens with one attached hydrogen (secondary N) is 1. The Hall–Kier alpha value is -4.37. The highest BCUT2D eigenvalue weighted by Crippen LogP contribution is 2.43. The highest BCUT2D eigenvalue weighted by Gasteiger charge is 2.44. The van der Waals surface area contributed by atoms with Gasteiger partial charge in [0.05, 0.1) is 5.56 Å². The third kappa shape index (κ3) is 5.64. The molecule has 0 bridgehead atoms. The van der Waals surface area contributed by atoms with Gasteiger partial charge in [-0.05, 0) is 74.2 Å². The number of piperidine rings is 1. The fraction of sp³-hybridized carbons (Fsp3) is 0.400. The second kappa shape index (κ2) is 11.6. The van der Waals surface area contributed by atoms with Crippen LogP contribution in [0.1, 0.15) is 72.9 Å². The van der Waals surface area contributed by atoms with Gasteiger partial charge in [-0.3, -0.25) is 19.0 Å². The molecule has 2 atom stereocenters. The Morgan fingerprint density at radius 3 is 2.57 bits per heavy atom. The molecule has 1 saturated heterocycles. The molecule has 9 nitrogen and oxygen atoms in total. The Bertz CT molecular complexity index is 1790. The molecule has 1 aliphatic carbocycles. The van der Waals surface area contributed by atoms with Crippen LogP contribution >= 0.6 is 0 Å². The molecule has 2 unspecified atom stereocenters. The van der Waals surface area contributed by atoms with Crippen molar-refractivity contribution in [3.05, 3.63) is 87.8 Å². The molecule has 1 fully saturated rings. The lowest BCUT2D eigenvalue weighted by Crippen LogP contribution is -2.45. The van der Waals surface area contributed by atoms with Crippen LogP contribution in [0, 0.1) is 11.3 Å². The molecule has 6 rings (SSSR count). The predicted molar refractivity (Wildman–Crippen MR) is 171 cm³/mol. The van der Waals surface area contributed by atoms with Gasteiger partial charge in [-0.25, -0.2) is 4.98 Å². The number of anilines is 2. The van der Waals surface area contributed by atoms with Crippen LogP contribution in [0.4, 0.5) is 11.6 Å². The van der Waals surface area contributed by atoms with E-state index in [2.05, 4.69) is 22.2 Å². The van der Waals surface area contributed by atoms with Crippen molar-refractivity contribution in [1.29, 1.82) is 0 Å². The molecule has 2 aromatic carbocycles. The van der Waals surface area contributed by atoms with E-state index >= 15 is 0 Å². The fourth-order valence-corrected chi connectivity index (χ4v) is 6.53. The SMILES string of the molecule is CC(C)C(=O)c1cc2cnc(Nc3ccc(OC4CCCN(C)C4)cc3)nc2n(C2C(=O)c3ccccc3CC2(C)C)c1=O. The summed E-state index contributed by atoms with van der Waals surface area (Å²) in [4.78, 5) is 53.0. The minimum atomic E-state index is -0.856. The van der Waals surface area contributed by atoms with Gasteiger partial charge in [0.15, 0.2) is 11.6 Å². The van der Waals surface area contributed by atoms with E-state index < -0.39 is 22.9 Å². The zero-order valence-corrected chi connectivity index (χ0v) is 26.0. The normalized spacial score (nSPS) is 20.0. The van der Waals surface area contributed by atoms with Crippen molar-refractivity contribution < 1.29 is 14.3 Å². The van der Waals surface area contributed by atoms with Gasteiger partial charge in [0.2, 0.25) is 5.95 Å². The molecular weight excluding hydrogens is 554 g/mol. The van der Waals surface area contributed by atoms with Crippen LogP contribution < -0.4 is 15.6 Å². The Morgan fingerprint density at radius 2 is 1.84 bits per heavy atom. The topological polar surface area (TPSA) is 106 Å². The number of nitrogens with zero attached hydrogens (tertiary/aromatic N) is 4. The number of carbonyl (C=O) groups excluding carboxylic acids is 2. The van der Waals surface area contributed by atoms with Crippen LogP contribution in [-0.2, 0) is 6.42 Å². The summed E-state index contributed by atoms with van der Waals surface area (Å²) in [5.74, 6) is 0.235. The molecule has 1 N–H and O–H groups in total.